The highest BCUT2D eigenvalue weighted by molar-refractivity contribution is 5.88. The molecule has 0 unspecified atom stereocenters. The summed E-state index contributed by atoms with van der Waals surface area (Å²) in [6.07, 6.45) is -1.71. The molecule has 2 heterocycles. The van der Waals surface area contributed by atoms with E-state index < -0.39 is 34.6 Å². The normalized spacial score (nSPS) is 42.2. The lowest BCUT2D eigenvalue weighted by molar-refractivity contribution is -0.206. The van der Waals surface area contributed by atoms with Crippen molar-refractivity contribution in [1.29, 1.82) is 0 Å². The van der Waals surface area contributed by atoms with Crippen LogP contribution < -0.4 is 0 Å². The average Bonchev–Trinajstić information content (AvgIpc) is 3.27. The van der Waals surface area contributed by atoms with Gasteiger partial charge in [-0.2, -0.15) is 0 Å². The SMILES string of the molecule is C[C@]1(c2ccccc2)C[C@]2(O)[C@H](CO1)CC(=O)[C@H]2O.C[C@]1(c2ccccc2)C[C@]2(O)[C@H](CO1)CC(=O)[C@H]2O. The number of ether oxygens (including phenoxy) is 2. The fourth-order valence-corrected chi connectivity index (χ4v) is 6.66. The van der Waals surface area contributed by atoms with E-state index in [1.54, 1.807) is 0 Å². The van der Waals surface area contributed by atoms with E-state index in [1.807, 2.05) is 74.5 Å². The second-order valence-corrected chi connectivity index (χ2v) is 11.7. The first-order chi connectivity index (χ1) is 17.9. The van der Waals surface area contributed by atoms with Crippen LogP contribution in [-0.2, 0) is 30.3 Å². The van der Waals surface area contributed by atoms with E-state index >= 15 is 0 Å². The van der Waals surface area contributed by atoms with Crippen molar-refractivity contribution >= 4 is 11.6 Å². The van der Waals surface area contributed by atoms with Gasteiger partial charge in [0.1, 0.15) is 23.4 Å². The molecule has 0 amide bonds. The molecule has 0 radical (unpaired) electrons. The zero-order valence-electron chi connectivity index (χ0n) is 21.7. The van der Waals surface area contributed by atoms with Gasteiger partial charge in [-0.25, -0.2) is 0 Å². The molecule has 204 valence electrons. The van der Waals surface area contributed by atoms with Crippen LogP contribution >= 0.6 is 0 Å². The Balaban J connectivity index is 0.000000155. The first kappa shape index (κ1) is 27.1. The third kappa shape index (κ3) is 4.43. The molecule has 2 aromatic rings. The van der Waals surface area contributed by atoms with E-state index in [0.717, 1.165) is 11.1 Å². The van der Waals surface area contributed by atoms with Crippen molar-refractivity contribution in [2.75, 3.05) is 13.2 Å². The molecule has 4 fully saturated rings. The van der Waals surface area contributed by atoms with Crippen LogP contribution in [0.5, 0.6) is 0 Å². The van der Waals surface area contributed by atoms with E-state index in [1.165, 1.54) is 0 Å². The first-order valence-electron chi connectivity index (χ1n) is 13.2. The van der Waals surface area contributed by atoms with Crippen LogP contribution in [0.3, 0.4) is 0 Å². The minimum Gasteiger partial charge on any atom is -0.386 e. The highest BCUT2D eigenvalue weighted by Crippen LogP contribution is 2.49. The Bertz CT molecular complexity index is 1090. The van der Waals surface area contributed by atoms with Crippen molar-refractivity contribution in [3.05, 3.63) is 71.8 Å². The van der Waals surface area contributed by atoms with Gasteiger partial charge in [-0.3, -0.25) is 9.59 Å². The van der Waals surface area contributed by atoms with E-state index in [9.17, 15) is 30.0 Å². The van der Waals surface area contributed by atoms with Crippen LogP contribution in [0.15, 0.2) is 60.7 Å². The topological polar surface area (TPSA) is 134 Å². The summed E-state index contributed by atoms with van der Waals surface area (Å²) in [4.78, 5) is 23.3. The predicted octanol–water partition coefficient (Wildman–Crippen LogP) is 2.01. The molecule has 4 aliphatic rings. The summed E-state index contributed by atoms with van der Waals surface area (Å²) < 4.78 is 11.8. The predicted molar refractivity (Wildman–Crippen MR) is 137 cm³/mol. The molecule has 2 saturated heterocycles. The Hall–Kier alpha value is -2.46. The molecule has 8 nitrogen and oxygen atoms in total. The molecule has 2 aromatic carbocycles. The maximum Gasteiger partial charge on any atom is 0.164 e. The standard InChI is InChI=1S/2C15H18O4/c2*1-14(10-5-3-2-4-6-10)9-15(18)11(8-19-14)7-12(16)13(15)17/h2*2-6,11,13,17-18H,7-9H2,1H3/t2*11-,13+,14+,15-/m00/s1. The number of Topliss-reactive ketones (excluding diaryl/α,β-unsaturated/α-hetero) is 2. The molecular weight excluding hydrogens is 488 g/mol. The maximum absolute atomic E-state index is 11.6. The van der Waals surface area contributed by atoms with E-state index in [-0.39, 0.29) is 49.1 Å². The summed E-state index contributed by atoms with van der Waals surface area (Å²) in [6, 6.07) is 19.2. The van der Waals surface area contributed by atoms with Crippen molar-refractivity contribution in [1.82, 2.24) is 0 Å². The number of fused-ring (bicyclic) bond motifs is 2. The highest BCUT2D eigenvalue weighted by atomic mass is 16.5. The average molecular weight is 525 g/mol. The molecule has 0 spiro atoms. The largest absolute Gasteiger partial charge is 0.386 e. The Kier molecular flexibility index (Phi) is 6.87. The first-order valence-corrected chi connectivity index (χ1v) is 13.2. The minimum atomic E-state index is -1.36. The van der Waals surface area contributed by atoms with Gasteiger partial charge in [0.15, 0.2) is 11.6 Å². The molecule has 2 aliphatic heterocycles. The van der Waals surface area contributed by atoms with Crippen molar-refractivity contribution in [2.24, 2.45) is 11.8 Å². The number of hydrogen-bond acceptors (Lipinski definition) is 8. The number of carbonyl (C=O) groups is 2. The lowest BCUT2D eigenvalue weighted by atomic mass is 9.75. The molecule has 6 rings (SSSR count). The van der Waals surface area contributed by atoms with Crippen LogP contribution in [0, 0.1) is 11.8 Å². The van der Waals surface area contributed by atoms with Gasteiger partial charge in [-0.15, -0.1) is 0 Å². The van der Waals surface area contributed by atoms with Gasteiger partial charge in [-0.1, -0.05) is 60.7 Å². The molecule has 0 bridgehead atoms. The van der Waals surface area contributed by atoms with Gasteiger partial charge in [0, 0.05) is 37.5 Å². The summed E-state index contributed by atoms with van der Waals surface area (Å²) in [5, 5.41) is 41.3. The fraction of sp³-hybridized carbons (Fsp3) is 0.533. The number of benzene rings is 2. The number of aliphatic hydroxyl groups is 4. The van der Waals surface area contributed by atoms with Crippen molar-refractivity contribution in [2.45, 2.75) is 74.1 Å². The Labute approximate surface area is 222 Å². The number of aliphatic hydroxyl groups excluding tert-OH is 2. The zero-order valence-corrected chi connectivity index (χ0v) is 21.7. The van der Waals surface area contributed by atoms with Crippen LogP contribution in [0.2, 0.25) is 0 Å². The van der Waals surface area contributed by atoms with Gasteiger partial charge in [0.05, 0.1) is 24.4 Å². The molecular formula is C30H36O8. The monoisotopic (exact) mass is 524 g/mol. The summed E-state index contributed by atoms with van der Waals surface area (Å²) in [5.74, 6) is -1.17. The Morgan fingerprint density at radius 2 is 1.00 bits per heavy atom. The summed E-state index contributed by atoms with van der Waals surface area (Å²) in [7, 11) is 0. The highest BCUT2D eigenvalue weighted by Gasteiger charge is 2.60. The summed E-state index contributed by atoms with van der Waals surface area (Å²) >= 11 is 0. The smallest absolute Gasteiger partial charge is 0.164 e. The second kappa shape index (κ2) is 9.62. The van der Waals surface area contributed by atoms with E-state index in [0.29, 0.717) is 13.2 Å². The van der Waals surface area contributed by atoms with Crippen LogP contribution in [-0.4, -0.2) is 68.6 Å². The molecule has 4 N–H and O–H groups in total. The van der Waals surface area contributed by atoms with Crippen LogP contribution in [0.1, 0.15) is 50.7 Å². The third-order valence-electron chi connectivity index (χ3n) is 9.08. The molecule has 2 aliphatic carbocycles. The van der Waals surface area contributed by atoms with Gasteiger partial charge in [-0.05, 0) is 25.0 Å². The van der Waals surface area contributed by atoms with Crippen LogP contribution in [0.25, 0.3) is 0 Å². The molecule has 8 heteroatoms. The van der Waals surface area contributed by atoms with Crippen molar-refractivity contribution < 1.29 is 39.5 Å². The Morgan fingerprint density at radius 3 is 1.34 bits per heavy atom. The number of carbonyl (C=O) groups excluding carboxylic acids is 2. The lowest BCUT2D eigenvalue weighted by Gasteiger charge is -2.46. The van der Waals surface area contributed by atoms with Crippen molar-refractivity contribution in [3.8, 4) is 0 Å². The van der Waals surface area contributed by atoms with Gasteiger partial charge in [0.2, 0.25) is 0 Å². The van der Waals surface area contributed by atoms with Gasteiger partial charge >= 0.3 is 0 Å². The zero-order chi connectivity index (χ0) is 27.3. The second-order valence-electron chi connectivity index (χ2n) is 11.7. The Morgan fingerprint density at radius 1 is 0.658 bits per heavy atom. The molecule has 2 saturated carbocycles. The number of rotatable bonds is 2. The molecule has 8 atom stereocenters. The van der Waals surface area contributed by atoms with E-state index in [2.05, 4.69) is 0 Å². The number of ketones is 2. The third-order valence-corrected chi connectivity index (χ3v) is 9.08. The van der Waals surface area contributed by atoms with Crippen molar-refractivity contribution in [3.63, 3.8) is 0 Å². The summed E-state index contributed by atoms with van der Waals surface area (Å²) in [6.45, 7) is 4.38. The fourth-order valence-electron chi connectivity index (χ4n) is 6.66. The quantitative estimate of drug-likeness (QED) is 0.469. The molecule has 38 heavy (non-hydrogen) atoms. The number of hydrogen-bond donors (Lipinski definition) is 4. The lowest BCUT2D eigenvalue weighted by Crippen LogP contribution is -2.55. The molecule has 0 aromatic heterocycles. The maximum atomic E-state index is 11.6. The summed E-state index contributed by atoms with van der Waals surface area (Å²) in [5.41, 5.74) is -2.15. The van der Waals surface area contributed by atoms with Gasteiger partial charge in [0.25, 0.3) is 0 Å². The van der Waals surface area contributed by atoms with Crippen LogP contribution in [0.4, 0.5) is 0 Å². The van der Waals surface area contributed by atoms with Gasteiger partial charge < -0.3 is 29.9 Å². The van der Waals surface area contributed by atoms with E-state index in [4.69, 9.17) is 9.47 Å². The minimum absolute atomic E-state index is 0.197.